The standard InChI is InChI=1S/C12H9ClF2N2O/c1-18-6-12-16-10(5-11(13)17-12)7-2-8(14)4-9(15)3-7/h2-5H,6H2,1H3. The molecule has 3 nitrogen and oxygen atoms in total. The van der Waals surface area contributed by atoms with E-state index in [1.807, 2.05) is 0 Å². The Morgan fingerprint density at radius 2 is 1.78 bits per heavy atom. The van der Waals surface area contributed by atoms with Crippen molar-refractivity contribution >= 4 is 11.6 Å². The summed E-state index contributed by atoms with van der Waals surface area (Å²) in [7, 11) is 1.49. The molecule has 0 N–H and O–H groups in total. The zero-order valence-electron chi connectivity index (χ0n) is 9.45. The highest BCUT2D eigenvalue weighted by Gasteiger charge is 2.08. The molecule has 2 aromatic rings. The first-order chi connectivity index (χ1) is 8.58. The molecule has 0 radical (unpaired) electrons. The zero-order valence-corrected chi connectivity index (χ0v) is 10.2. The van der Waals surface area contributed by atoms with E-state index in [-0.39, 0.29) is 11.8 Å². The van der Waals surface area contributed by atoms with Crippen LogP contribution in [0.3, 0.4) is 0 Å². The van der Waals surface area contributed by atoms with Gasteiger partial charge in [-0.2, -0.15) is 0 Å². The lowest BCUT2D eigenvalue weighted by Gasteiger charge is -2.05. The summed E-state index contributed by atoms with van der Waals surface area (Å²) in [6.45, 7) is 0.172. The molecule has 0 fully saturated rings. The molecule has 0 aliphatic heterocycles. The lowest BCUT2D eigenvalue weighted by molar-refractivity contribution is 0.178. The number of nitrogens with zero attached hydrogens (tertiary/aromatic N) is 2. The van der Waals surface area contributed by atoms with Crippen molar-refractivity contribution < 1.29 is 13.5 Å². The Bertz CT molecular complexity index is 558. The maximum absolute atomic E-state index is 13.1. The van der Waals surface area contributed by atoms with Crippen molar-refractivity contribution in [2.24, 2.45) is 0 Å². The van der Waals surface area contributed by atoms with E-state index >= 15 is 0 Å². The van der Waals surface area contributed by atoms with Crippen LogP contribution >= 0.6 is 11.6 Å². The van der Waals surface area contributed by atoms with Gasteiger partial charge in [0, 0.05) is 24.8 Å². The number of aromatic nitrogens is 2. The van der Waals surface area contributed by atoms with E-state index < -0.39 is 11.6 Å². The normalized spacial score (nSPS) is 10.7. The van der Waals surface area contributed by atoms with E-state index in [0.717, 1.165) is 6.07 Å². The first-order valence-electron chi connectivity index (χ1n) is 5.07. The fourth-order valence-corrected chi connectivity index (χ4v) is 1.71. The van der Waals surface area contributed by atoms with Gasteiger partial charge >= 0.3 is 0 Å². The molecular formula is C12H9ClF2N2O. The number of ether oxygens (including phenoxy) is 1. The Labute approximate surface area is 107 Å². The van der Waals surface area contributed by atoms with Crippen LogP contribution in [0, 0.1) is 11.6 Å². The summed E-state index contributed by atoms with van der Waals surface area (Å²) < 4.78 is 31.1. The van der Waals surface area contributed by atoms with Crippen molar-refractivity contribution in [3.8, 4) is 11.3 Å². The van der Waals surface area contributed by atoms with Crippen LogP contribution in [0.5, 0.6) is 0 Å². The van der Waals surface area contributed by atoms with Crippen molar-refractivity contribution in [1.29, 1.82) is 0 Å². The number of benzene rings is 1. The SMILES string of the molecule is COCc1nc(Cl)cc(-c2cc(F)cc(F)c2)n1. The van der Waals surface area contributed by atoms with Crippen molar-refractivity contribution in [2.75, 3.05) is 7.11 Å². The molecule has 0 aliphatic rings. The first kappa shape index (κ1) is 12.9. The molecule has 0 saturated carbocycles. The van der Waals surface area contributed by atoms with Gasteiger partial charge in [0.15, 0.2) is 5.82 Å². The minimum absolute atomic E-state index is 0.172. The molecule has 18 heavy (non-hydrogen) atoms. The summed E-state index contributed by atoms with van der Waals surface area (Å²) in [5.74, 6) is -0.995. The second-order valence-corrected chi connectivity index (χ2v) is 3.97. The van der Waals surface area contributed by atoms with Crippen LogP contribution in [-0.2, 0) is 11.3 Å². The smallest absolute Gasteiger partial charge is 0.156 e. The Morgan fingerprint density at radius 1 is 1.11 bits per heavy atom. The number of hydrogen-bond donors (Lipinski definition) is 0. The monoisotopic (exact) mass is 270 g/mol. The van der Waals surface area contributed by atoms with Crippen LogP contribution in [0.2, 0.25) is 5.15 Å². The molecule has 0 spiro atoms. The lowest BCUT2D eigenvalue weighted by Crippen LogP contribution is -1.99. The number of rotatable bonds is 3. The average Bonchev–Trinajstić information content (AvgIpc) is 2.27. The summed E-state index contributed by atoms with van der Waals surface area (Å²) >= 11 is 5.82. The molecule has 1 heterocycles. The van der Waals surface area contributed by atoms with Crippen LogP contribution in [0.1, 0.15) is 5.82 Å². The van der Waals surface area contributed by atoms with Gasteiger partial charge < -0.3 is 4.74 Å². The lowest BCUT2D eigenvalue weighted by atomic mass is 10.1. The van der Waals surface area contributed by atoms with Gasteiger partial charge in [-0.05, 0) is 12.1 Å². The molecule has 0 unspecified atom stereocenters. The number of hydrogen-bond acceptors (Lipinski definition) is 3. The Morgan fingerprint density at radius 3 is 2.39 bits per heavy atom. The summed E-state index contributed by atoms with van der Waals surface area (Å²) in [4.78, 5) is 8.06. The molecule has 1 aromatic carbocycles. The van der Waals surface area contributed by atoms with E-state index in [0.29, 0.717) is 17.1 Å². The van der Waals surface area contributed by atoms with Crippen LogP contribution in [0.25, 0.3) is 11.3 Å². The minimum atomic E-state index is -0.673. The van der Waals surface area contributed by atoms with E-state index in [1.54, 1.807) is 0 Å². The summed E-state index contributed by atoms with van der Waals surface area (Å²) in [5, 5.41) is 0.191. The van der Waals surface area contributed by atoms with E-state index in [1.165, 1.54) is 25.3 Å². The fraction of sp³-hybridized carbons (Fsp3) is 0.167. The molecule has 94 valence electrons. The average molecular weight is 271 g/mol. The third-order valence-corrected chi connectivity index (χ3v) is 2.37. The molecule has 0 bridgehead atoms. The topological polar surface area (TPSA) is 35.0 Å². The molecule has 0 aliphatic carbocycles. The fourth-order valence-electron chi connectivity index (χ4n) is 1.51. The van der Waals surface area contributed by atoms with Crippen molar-refractivity contribution in [3.05, 3.63) is 46.9 Å². The quantitative estimate of drug-likeness (QED) is 0.803. The first-order valence-corrected chi connectivity index (χ1v) is 5.45. The Kier molecular flexibility index (Phi) is 3.84. The molecule has 2 rings (SSSR count). The highest BCUT2D eigenvalue weighted by molar-refractivity contribution is 6.29. The van der Waals surface area contributed by atoms with E-state index in [9.17, 15) is 8.78 Å². The third-order valence-electron chi connectivity index (χ3n) is 2.17. The Hall–Kier alpha value is -1.59. The van der Waals surface area contributed by atoms with Crippen LogP contribution in [0.4, 0.5) is 8.78 Å². The number of methoxy groups -OCH3 is 1. The molecule has 6 heteroatoms. The van der Waals surface area contributed by atoms with Gasteiger partial charge in [0.1, 0.15) is 23.4 Å². The van der Waals surface area contributed by atoms with Crippen LogP contribution in [-0.4, -0.2) is 17.1 Å². The largest absolute Gasteiger partial charge is 0.377 e. The minimum Gasteiger partial charge on any atom is -0.377 e. The predicted molar refractivity (Wildman–Crippen MR) is 63.1 cm³/mol. The van der Waals surface area contributed by atoms with Crippen molar-refractivity contribution in [2.45, 2.75) is 6.61 Å². The summed E-state index contributed by atoms with van der Waals surface area (Å²) in [6, 6.07) is 4.59. The zero-order chi connectivity index (χ0) is 13.1. The van der Waals surface area contributed by atoms with E-state index in [4.69, 9.17) is 16.3 Å². The molecule has 0 amide bonds. The van der Waals surface area contributed by atoms with E-state index in [2.05, 4.69) is 9.97 Å². The number of halogens is 3. The molecule has 0 atom stereocenters. The van der Waals surface area contributed by atoms with Crippen LogP contribution < -0.4 is 0 Å². The van der Waals surface area contributed by atoms with Gasteiger partial charge in [-0.3, -0.25) is 0 Å². The van der Waals surface area contributed by atoms with Gasteiger partial charge in [0.2, 0.25) is 0 Å². The maximum atomic E-state index is 13.1. The summed E-state index contributed by atoms with van der Waals surface area (Å²) in [6.07, 6.45) is 0. The highest BCUT2D eigenvalue weighted by Crippen LogP contribution is 2.22. The van der Waals surface area contributed by atoms with Gasteiger partial charge in [-0.1, -0.05) is 11.6 Å². The second kappa shape index (κ2) is 5.37. The van der Waals surface area contributed by atoms with Crippen LogP contribution in [0.15, 0.2) is 24.3 Å². The molecule has 0 saturated heterocycles. The maximum Gasteiger partial charge on any atom is 0.156 e. The van der Waals surface area contributed by atoms with Gasteiger partial charge in [-0.15, -0.1) is 0 Å². The highest BCUT2D eigenvalue weighted by atomic mass is 35.5. The van der Waals surface area contributed by atoms with Crippen molar-refractivity contribution in [1.82, 2.24) is 9.97 Å². The predicted octanol–water partition coefficient (Wildman–Crippen LogP) is 3.22. The Balaban J connectivity index is 2.49. The van der Waals surface area contributed by atoms with Crippen molar-refractivity contribution in [3.63, 3.8) is 0 Å². The summed E-state index contributed by atoms with van der Waals surface area (Å²) in [5.41, 5.74) is 0.648. The molecule has 1 aromatic heterocycles. The van der Waals surface area contributed by atoms with Gasteiger partial charge in [0.05, 0.1) is 5.69 Å². The van der Waals surface area contributed by atoms with Gasteiger partial charge in [0.25, 0.3) is 0 Å². The van der Waals surface area contributed by atoms with Gasteiger partial charge in [-0.25, -0.2) is 18.7 Å². The third kappa shape index (κ3) is 3.00. The second-order valence-electron chi connectivity index (χ2n) is 3.58. The molecular weight excluding hydrogens is 262 g/mol.